The number of rotatable bonds is 3. The molecule has 0 aromatic rings. The molecule has 3 aliphatic rings. The van der Waals surface area contributed by atoms with E-state index >= 15 is 0 Å². The Bertz CT molecular complexity index is 556. The van der Waals surface area contributed by atoms with Crippen LogP contribution in [0.3, 0.4) is 0 Å². The molecule has 0 saturated carbocycles. The van der Waals surface area contributed by atoms with Crippen molar-refractivity contribution in [3.63, 3.8) is 0 Å². The lowest BCUT2D eigenvalue weighted by molar-refractivity contribution is -0.141. The number of nitrogens with zero attached hydrogens (tertiary/aromatic N) is 4. The van der Waals surface area contributed by atoms with E-state index in [0.717, 1.165) is 31.9 Å². The van der Waals surface area contributed by atoms with Crippen molar-refractivity contribution in [2.24, 2.45) is 0 Å². The number of hydrogen-bond donors (Lipinski definition) is 1. The van der Waals surface area contributed by atoms with Gasteiger partial charge >= 0.3 is 6.09 Å². The SMILES string of the molecule is CN1CCN(C(=O)CCC(=O)N2CCN(C(=O)O)C3CSSCC32)CC1. The highest BCUT2D eigenvalue weighted by molar-refractivity contribution is 8.76. The Labute approximate surface area is 161 Å². The molecule has 3 rings (SSSR count). The van der Waals surface area contributed by atoms with Crippen LogP contribution >= 0.6 is 21.6 Å². The van der Waals surface area contributed by atoms with Gasteiger partial charge in [0.25, 0.3) is 0 Å². The summed E-state index contributed by atoms with van der Waals surface area (Å²) in [5.41, 5.74) is 0. The van der Waals surface area contributed by atoms with Crippen molar-refractivity contribution >= 4 is 39.5 Å². The van der Waals surface area contributed by atoms with Gasteiger partial charge in [-0.2, -0.15) is 0 Å². The summed E-state index contributed by atoms with van der Waals surface area (Å²) in [6, 6.07) is -0.234. The molecule has 2 atom stereocenters. The van der Waals surface area contributed by atoms with Crippen molar-refractivity contribution in [1.29, 1.82) is 0 Å². The second-order valence-corrected chi connectivity index (χ2v) is 9.50. The Morgan fingerprint density at radius 3 is 2.00 bits per heavy atom. The topological polar surface area (TPSA) is 84.4 Å². The third-order valence-electron chi connectivity index (χ3n) is 5.36. The van der Waals surface area contributed by atoms with E-state index in [1.807, 2.05) is 16.8 Å². The first-order valence-electron chi connectivity index (χ1n) is 8.97. The minimum atomic E-state index is -0.912. The molecule has 0 spiro atoms. The number of carbonyl (C=O) groups is 3. The van der Waals surface area contributed by atoms with Gasteiger partial charge in [0.15, 0.2) is 0 Å². The van der Waals surface area contributed by atoms with E-state index in [2.05, 4.69) is 4.90 Å². The van der Waals surface area contributed by atoms with E-state index in [0.29, 0.717) is 18.8 Å². The zero-order valence-electron chi connectivity index (χ0n) is 15.0. The third-order valence-corrected chi connectivity index (χ3v) is 7.80. The van der Waals surface area contributed by atoms with E-state index in [1.165, 1.54) is 4.90 Å². The highest BCUT2D eigenvalue weighted by atomic mass is 33.1. The molecule has 0 bridgehead atoms. The van der Waals surface area contributed by atoms with E-state index < -0.39 is 6.09 Å². The van der Waals surface area contributed by atoms with Gasteiger partial charge in [-0.05, 0) is 7.05 Å². The fourth-order valence-electron chi connectivity index (χ4n) is 3.72. The van der Waals surface area contributed by atoms with Gasteiger partial charge in [-0.15, -0.1) is 0 Å². The van der Waals surface area contributed by atoms with Crippen LogP contribution in [-0.2, 0) is 9.59 Å². The van der Waals surface area contributed by atoms with E-state index in [4.69, 9.17) is 0 Å². The third kappa shape index (κ3) is 4.40. The summed E-state index contributed by atoms with van der Waals surface area (Å²) in [7, 11) is 5.39. The van der Waals surface area contributed by atoms with E-state index in [1.54, 1.807) is 21.6 Å². The first kappa shape index (κ1) is 19.6. The standard InChI is InChI=1S/C16H26N4O4S2/c1-17-4-6-18(7-5-17)14(21)2-3-15(22)19-8-9-20(16(23)24)13-11-26-25-10-12(13)19/h12-13H,2-11H2,1H3,(H,23,24). The van der Waals surface area contributed by atoms with Crippen molar-refractivity contribution < 1.29 is 19.5 Å². The van der Waals surface area contributed by atoms with Gasteiger partial charge in [-0.1, -0.05) is 21.6 Å². The molecule has 2 unspecified atom stereocenters. The molecule has 3 aliphatic heterocycles. The fraction of sp³-hybridized carbons (Fsp3) is 0.812. The first-order chi connectivity index (χ1) is 12.5. The Kier molecular flexibility index (Phi) is 6.57. The molecule has 1 N–H and O–H groups in total. The number of carboxylic acid groups (broad SMARTS) is 1. The summed E-state index contributed by atoms with van der Waals surface area (Å²) in [5, 5.41) is 9.39. The lowest BCUT2D eigenvalue weighted by Crippen LogP contribution is -2.64. The zero-order chi connectivity index (χ0) is 18.7. The molecule has 0 aliphatic carbocycles. The van der Waals surface area contributed by atoms with Crippen molar-refractivity contribution in [3.8, 4) is 0 Å². The summed E-state index contributed by atoms with van der Waals surface area (Å²) in [6.45, 7) is 3.95. The molecule has 3 heterocycles. The Hall–Kier alpha value is -1.13. The molecule has 0 radical (unpaired) electrons. The van der Waals surface area contributed by atoms with Gasteiger partial charge in [-0.25, -0.2) is 4.79 Å². The molecule has 8 nitrogen and oxygen atoms in total. The smallest absolute Gasteiger partial charge is 0.407 e. The lowest BCUT2D eigenvalue weighted by atomic mass is 10.0. The largest absolute Gasteiger partial charge is 0.465 e. The summed E-state index contributed by atoms with van der Waals surface area (Å²) in [5.74, 6) is 1.45. The molecule has 26 heavy (non-hydrogen) atoms. The zero-order valence-corrected chi connectivity index (χ0v) is 16.6. The summed E-state index contributed by atoms with van der Waals surface area (Å²) in [6.07, 6.45) is -0.467. The quantitative estimate of drug-likeness (QED) is 0.688. The number of amides is 3. The molecule has 3 fully saturated rings. The molecule has 3 saturated heterocycles. The number of carbonyl (C=O) groups excluding carboxylic acids is 2. The van der Waals surface area contributed by atoms with Crippen LogP contribution in [0.2, 0.25) is 0 Å². The van der Waals surface area contributed by atoms with Gasteiger partial charge in [0, 0.05) is 63.6 Å². The second kappa shape index (κ2) is 8.71. The maximum absolute atomic E-state index is 12.7. The van der Waals surface area contributed by atoms with E-state index in [9.17, 15) is 19.5 Å². The predicted octanol–water partition coefficient (Wildman–Crippen LogP) is 0.495. The van der Waals surface area contributed by atoms with Crippen LogP contribution in [0.1, 0.15) is 12.8 Å². The molecular weight excluding hydrogens is 376 g/mol. The molecule has 0 aromatic heterocycles. The molecule has 146 valence electrons. The van der Waals surface area contributed by atoms with Gasteiger partial charge in [0.2, 0.25) is 11.8 Å². The Balaban J connectivity index is 1.54. The minimum absolute atomic E-state index is 0.0278. The summed E-state index contributed by atoms with van der Waals surface area (Å²) < 4.78 is 0. The number of likely N-dealkylation sites (N-methyl/N-ethyl adjacent to an activating group) is 1. The number of hydrogen-bond acceptors (Lipinski definition) is 6. The Morgan fingerprint density at radius 2 is 1.38 bits per heavy atom. The lowest BCUT2D eigenvalue weighted by Gasteiger charge is -2.48. The van der Waals surface area contributed by atoms with Crippen molar-refractivity contribution in [1.82, 2.24) is 19.6 Å². The first-order valence-corrected chi connectivity index (χ1v) is 11.5. The molecule has 10 heteroatoms. The van der Waals surface area contributed by atoms with Gasteiger partial charge < -0.3 is 24.7 Å². The van der Waals surface area contributed by atoms with Crippen LogP contribution in [-0.4, -0.2) is 113 Å². The summed E-state index contributed by atoms with van der Waals surface area (Å²) in [4.78, 5) is 43.9. The monoisotopic (exact) mass is 402 g/mol. The Morgan fingerprint density at radius 1 is 0.846 bits per heavy atom. The van der Waals surface area contributed by atoms with Crippen LogP contribution in [0.4, 0.5) is 4.79 Å². The fourth-order valence-corrected chi connectivity index (χ4v) is 6.41. The second-order valence-electron chi connectivity index (χ2n) is 6.95. The predicted molar refractivity (Wildman–Crippen MR) is 102 cm³/mol. The average Bonchev–Trinajstić information content (AvgIpc) is 2.65. The van der Waals surface area contributed by atoms with Crippen molar-refractivity contribution in [2.45, 2.75) is 24.9 Å². The molecule has 0 aromatic carbocycles. The van der Waals surface area contributed by atoms with Gasteiger partial charge in [0.05, 0.1) is 12.1 Å². The van der Waals surface area contributed by atoms with Crippen molar-refractivity contribution in [2.75, 3.05) is 57.8 Å². The normalized spacial score (nSPS) is 27.2. The van der Waals surface area contributed by atoms with Crippen LogP contribution < -0.4 is 0 Å². The maximum Gasteiger partial charge on any atom is 0.407 e. The van der Waals surface area contributed by atoms with Crippen molar-refractivity contribution in [3.05, 3.63) is 0 Å². The van der Waals surface area contributed by atoms with Crippen LogP contribution in [0.5, 0.6) is 0 Å². The van der Waals surface area contributed by atoms with Gasteiger partial charge in [0.1, 0.15) is 0 Å². The average molecular weight is 403 g/mol. The molecular formula is C16H26N4O4S2. The minimum Gasteiger partial charge on any atom is -0.465 e. The van der Waals surface area contributed by atoms with Crippen LogP contribution in [0.25, 0.3) is 0 Å². The maximum atomic E-state index is 12.7. The number of fused-ring (bicyclic) bond motifs is 1. The highest BCUT2D eigenvalue weighted by Gasteiger charge is 2.42. The number of piperazine rings is 2. The highest BCUT2D eigenvalue weighted by Crippen LogP contribution is 2.36. The van der Waals surface area contributed by atoms with Gasteiger partial charge in [-0.3, -0.25) is 9.59 Å². The molecule has 3 amide bonds. The van der Waals surface area contributed by atoms with Crippen LogP contribution in [0, 0.1) is 0 Å². The van der Waals surface area contributed by atoms with E-state index in [-0.39, 0.29) is 36.7 Å². The van der Waals surface area contributed by atoms with Crippen LogP contribution in [0.15, 0.2) is 0 Å². The summed E-state index contributed by atoms with van der Waals surface area (Å²) >= 11 is 0.